The van der Waals surface area contributed by atoms with Crippen LogP contribution in [0.15, 0.2) is 29.8 Å². The molecule has 0 radical (unpaired) electrons. The van der Waals surface area contributed by atoms with Crippen molar-refractivity contribution in [3.8, 4) is 0 Å². The molecular formula is C18H20ClNS. The van der Waals surface area contributed by atoms with Crippen molar-refractivity contribution in [2.45, 2.75) is 19.3 Å². The van der Waals surface area contributed by atoms with Crippen molar-refractivity contribution < 1.29 is 0 Å². The van der Waals surface area contributed by atoms with Crippen LogP contribution in [0.1, 0.15) is 24.1 Å². The van der Waals surface area contributed by atoms with Crippen LogP contribution in [-0.2, 0) is 0 Å². The third kappa shape index (κ3) is 2.34. The average molecular weight is 318 g/mol. The molecule has 1 aromatic carbocycles. The van der Waals surface area contributed by atoms with Gasteiger partial charge < -0.3 is 4.90 Å². The second-order valence-corrected chi connectivity index (χ2v) is 8.20. The first-order chi connectivity index (χ1) is 10.1. The molecule has 0 aliphatic heterocycles. The highest BCUT2D eigenvalue weighted by Crippen LogP contribution is 2.54. The molecule has 2 bridgehead atoms. The summed E-state index contributed by atoms with van der Waals surface area (Å²) in [6.45, 7) is 1.12. The lowest BCUT2D eigenvalue weighted by atomic mass is 9.90. The van der Waals surface area contributed by atoms with E-state index >= 15 is 0 Å². The third-order valence-electron chi connectivity index (χ3n) is 4.91. The van der Waals surface area contributed by atoms with Crippen LogP contribution in [0.2, 0.25) is 5.02 Å². The Balaban J connectivity index is 1.83. The van der Waals surface area contributed by atoms with E-state index in [9.17, 15) is 0 Å². The van der Waals surface area contributed by atoms with Gasteiger partial charge in [-0.15, -0.1) is 11.3 Å². The van der Waals surface area contributed by atoms with Gasteiger partial charge in [0, 0.05) is 21.1 Å². The molecule has 2 aliphatic carbocycles. The largest absolute Gasteiger partial charge is 0.305 e. The summed E-state index contributed by atoms with van der Waals surface area (Å²) in [5.41, 5.74) is 3.37. The van der Waals surface area contributed by atoms with E-state index < -0.39 is 0 Å². The zero-order valence-electron chi connectivity index (χ0n) is 12.5. The molecule has 4 rings (SSSR count). The fourth-order valence-corrected chi connectivity index (χ4v) is 5.59. The van der Waals surface area contributed by atoms with E-state index in [1.165, 1.54) is 34.2 Å². The smallest absolute Gasteiger partial charge is 0.0420 e. The summed E-state index contributed by atoms with van der Waals surface area (Å²) in [7, 11) is 4.36. The second-order valence-electron chi connectivity index (χ2n) is 6.68. The molecular weight excluding hydrogens is 298 g/mol. The van der Waals surface area contributed by atoms with Crippen molar-refractivity contribution in [1.82, 2.24) is 4.90 Å². The number of benzene rings is 1. The first-order valence-electron chi connectivity index (χ1n) is 7.69. The summed E-state index contributed by atoms with van der Waals surface area (Å²) >= 11 is 8.05. The van der Waals surface area contributed by atoms with Crippen LogP contribution in [0.3, 0.4) is 0 Å². The lowest BCUT2D eigenvalue weighted by molar-refractivity contribution is 0.423. The van der Waals surface area contributed by atoms with Gasteiger partial charge in [0.1, 0.15) is 0 Å². The Labute approximate surface area is 135 Å². The van der Waals surface area contributed by atoms with Crippen molar-refractivity contribution in [1.29, 1.82) is 0 Å². The van der Waals surface area contributed by atoms with E-state index in [0.717, 1.165) is 23.4 Å². The van der Waals surface area contributed by atoms with Crippen LogP contribution in [0.5, 0.6) is 0 Å². The monoisotopic (exact) mass is 317 g/mol. The maximum Gasteiger partial charge on any atom is 0.0420 e. The highest BCUT2D eigenvalue weighted by atomic mass is 35.5. The summed E-state index contributed by atoms with van der Waals surface area (Å²) in [6.07, 6.45) is 4.16. The van der Waals surface area contributed by atoms with Crippen molar-refractivity contribution in [2.24, 2.45) is 11.8 Å². The number of likely N-dealkylation sites (N-methyl/N-ethyl adjacent to an activating group) is 1. The molecule has 0 saturated heterocycles. The Kier molecular flexibility index (Phi) is 3.36. The Morgan fingerprint density at radius 3 is 2.81 bits per heavy atom. The third-order valence-corrected chi connectivity index (χ3v) is 6.28. The van der Waals surface area contributed by atoms with E-state index in [2.05, 4.69) is 37.2 Å². The molecule has 2 aromatic rings. The predicted octanol–water partition coefficient (Wildman–Crippen LogP) is 5.30. The van der Waals surface area contributed by atoms with Crippen molar-refractivity contribution in [2.75, 3.05) is 20.6 Å². The fraction of sp³-hybridized carbons (Fsp3) is 0.444. The van der Waals surface area contributed by atoms with Crippen molar-refractivity contribution in [3.05, 3.63) is 39.7 Å². The van der Waals surface area contributed by atoms with E-state index in [4.69, 9.17) is 11.6 Å². The standard InChI is InChI=1S/C18H20ClNS/c1-20(2)10-15-11-3-4-13(7-11)18(15)17-8-12-5-6-14(19)9-16(12)21-17/h5-6,8-9,11,13H,3-4,7,10H2,1-2H3. The Hall–Kier alpha value is -0.830. The van der Waals surface area contributed by atoms with E-state index in [0.29, 0.717) is 0 Å². The number of hydrogen-bond donors (Lipinski definition) is 0. The fourth-order valence-electron chi connectivity index (χ4n) is 4.09. The number of thiophene rings is 1. The van der Waals surface area contributed by atoms with Gasteiger partial charge in [-0.1, -0.05) is 17.7 Å². The van der Waals surface area contributed by atoms with E-state index in [1.54, 1.807) is 11.1 Å². The molecule has 1 heterocycles. The van der Waals surface area contributed by atoms with E-state index in [-0.39, 0.29) is 0 Å². The predicted molar refractivity (Wildman–Crippen MR) is 93.1 cm³/mol. The molecule has 1 aromatic heterocycles. The Morgan fingerprint density at radius 2 is 2.00 bits per heavy atom. The molecule has 2 atom stereocenters. The quantitative estimate of drug-likeness (QED) is 0.742. The van der Waals surface area contributed by atoms with Crippen molar-refractivity contribution in [3.63, 3.8) is 0 Å². The first kappa shape index (κ1) is 13.8. The molecule has 0 spiro atoms. The van der Waals surface area contributed by atoms with Crippen LogP contribution in [-0.4, -0.2) is 25.5 Å². The van der Waals surface area contributed by atoms with Crippen LogP contribution in [0.4, 0.5) is 0 Å². The van der Waals surface area contributed by atoms with Crippen LogP contribution in [0.25, 0.3) is 15.7 Å². The number of rotatable bonds is 3. The normalized spacial score (nSPS) is 24.8. The number of halogens is 1. The molecule has 1 fully saturated rings. The Morgan fingerprint density at radius 1 is 1.19 bits per heavy atom. The van der Waals surface area contributed by atoms with Gasteiger partial charge in [0.05, 0.1) is 0 Å². The molecule has 2 aliphatic rings. The van der Waals surface area contributed by atoms with Gasteiger partial charge in [0.15, 0.2) is 0 Å². The average Bonchev–Trinajstić information content (AvgIpc) is 3.10. The van der Waals surface area contributed by atoms with Gasteiger partial charge in [-0.25, -0.2) is 0 Å². The zero-order valence-corrected chi connectivity index (χ0v) is 14.1. The Bertz CT molecular complexity index is 728. The van der Waals surface area contributed by atoms with Gasteiger partial charge >= 0.3 is 0 Å². The highest BCUT2D eigenvalue weighted by Gasteiger charge is 2.39. The molecule has 0 amide bonds. The summed E-state index contributed by atoms with van der Waals surface area (Å²) in [5, 5.41) is 2.17. The van der Waals surface area contributed by atoms with Crippen LogP contribution < -0.4 is 0 Å². The van der Waals surface area contributed by atoms with Gasteiger partial charge in [-0.05, 0) is 79.9 Å². The van der Waals surface area contributed by atoms with Crippen LogP contribution in [0, 0.1) is 11.8 Å². The summed E-state index contributed by atoms with van der Waals surface area (Å²) in [6, 6.07) is 8.62. The number of fused-ring (bicyclic) bond motifs is 3. The lowest BCUT2D eigenvalue weighted by Gasteiger charge is -2.22. The van der Waals surface area contributed by atoms with Gasteiger partial charge in [-0.2, -0.15) is 0 Å². The number of allylic oxidation sites excluding steroid dienone is 1. The minimum Gasteiger partial charge on any atom is -0.305 e. The molecule has 1 nitrogen and oxygen atoms in total. The minimum absolute atomic E-state index is 0.800. The summed E-state index contributed by atoms with van der Waals surface area (Å²) in [5.74, 6) is 1.63. The van der Waals surface area contributed by atoms with Gasteiger partial charge in [0.2, 0.25) is 0 Å². The number of nitrogens with zero attached hydrogens (tertiary/aromatic N) is 1. The molecule has 110 valence electrons. The molecule has 1 saturated carbocycles. The second kappa shape index (κ2) is 5.12. The SMILES string of the molecule is CN(C)CC1=C(c2cc3ccc(Cl)cc3s2)C2CCC1C2. The molecule has 2 unspecified atom stereocenters. The van der Waals surface area contributed by atoms with Crippen molar-refractivity contribution >= 4 is 38.6 Å². The molecule has 21 heavy (non-hydrogen) atoms. The summed E-state index contributed by atoms with van der Waals surface area (Å²) in [4.78, 5) is 3.80. The highest BCUT2D eigenvalue weighted by molar-refractivity contribution is 7.20. The number of hydrogen-bond acceptors (Lipinski definition) is 2. The maximum atomic E-state index is 6.14. The first-order valence-corrected chi connectivity index (χ1v) is 8.88. The maximum absolute atomic E-state index is 6.14. The molecule has 3 heteroatoms. The zero-order chi connectivity index (χ0) is 14.6. The van der Waals surface area contributed by atoms with Gasteiger partial charge in [0.25, 0.3) is 0 Å². The van der Waals surface area contributed by atoms with E-state index in [1.807, 2.05) is 17.4 Å². The minimum atomic E-state index is 0.800. The lowest BCUT2D eigenvalue weighted by Crippen LogP contribution is -2.19. The molecule has 0 N–H and O–H groups in total. The summed E-state index contributed by atoms with van der Waals surface area (Å²) < 4.78 is 1.32. The van der Waals surface area contributed by atoms with Crippen LogP contribution >= 0.6 is 22.9 Å². The topological polar surface area (TPSA) is 3.24 Å². The van der Waals surface area contributed by atoms with Gasteiger partial charge in [-0.3, -0.25) is 0 Å².